The van der Waals surface area contributed by atoms with Crippen LogP contribution in [-0.4, -0.2) is 15.2 Å². The van der Waals surface area contributed by atoms with Gasteiger partial charge in [-0.05, 0) is 60.0 Å². The second-order valence-corrected chi connectivity index (χ2v) is 6.73. The molecular formula is C23H21FN4. The highest BCUT2D eigenvalue weighted by Gasteiger charge is 2.17. The SMILES string of the molecule is Cc1ccccc1C(NCc1cn[nH]c1-c1ccc(F)cc1)c1ccncc1. The number of nitrogens with one attached hydrogen (secondary N) is 2. The zero-order chi connectivity index (χ0) is 19.3. The number of aromatic nitrogens is 3. The number of aromatic amines is 1. The molecule has 0 aliphatic carbocycles. The predicted octanol–water partition coefficient (Wildman–Crippen LogP) is 4.80. The van der Waals surface area contributed by atoms with Gasteiger partial charge in [-0.1, -0.05) is 24.3 Å². The number of H-pyrrole nitrogens is 1. The minimum Gasteiger partial charge on any atom is -0.302 e. The number of aryl methyl sites for hydroxylation is 1. The van der Waals surface area contributed by atoms with Crippen LogP contribution in [0.2, 0.25) is 0 Å². The summed E-state index contributed by atoms with van der Waals surface area (Å²) in [6.45, 7) is 2.73. The van der Waals surface area contributed by atoms with Gasteiger partial charge < -0.3 is 5.32 Å². The highest BCUT2D eigenvalue weighted by molar-refractivity contribution is 5.62. The van der Waals surface area contributed by atoms with Gasteiger partial charge in [0.05, 0.1) is 17.9 Å². The highest BCUT2D eigenvalue weighted by Crippen LogP contribution is 2.27. The van der Waals surface area contributed by atoms with E-state index in [0.29, 0.717) is 6.54 Å². The van der Waals surface area contributed by atoms with E-state index in [1.807, 2.05) is 36.8 Å². The summed E-state index contributed by atoms with van der Waals surface area (Å²) >= 11 is 0. The molecule has 140 valence electrons. The number of nitrogens with zero attached hydrogens (tertiary/aromatic N) is 2. The van der Waals surface area contributed by atoms with Crippen molar-refractivity contribution in [3.05, 3.63) is 107 Å². The van der Waals surface area contributed by atoms with E-state index in [1.165, 1.54) is 23.3 Å². The van der Waals surface area contributed by atoms with E-state index in [9.17, 15) is 4.39 Å². The van der Waals surface area contributed by atoms with Gasteiger partial charge in [-0.3, -0.25) is 10.1 Å². The van der Waals surface area contributed by atoms with Crippen LogP contribution in [-0.2, 0) is 6.54 Å². The fourth-order valence-corrected chi connectivity index (χ4v) is 3.40. The molecule has 4 aromatic rings. The van der Waals surface area contributed by atoms with E-state index >= 15 is 0 Å². The summed E-state index contributed by atoms with van der Waals surface area (Å²) in [5.74, 6) is -0.250. The lowest BCUT2D eigenvalue weighted by molar-refractivity contribution is 0.602. The lowest BCUT2D eigenvalue weighted by atomic mass is 9.95. The van der Waals surface area contributed by atoms with Crippen LogP contribution < -0.4 is 5.32 Å². The monoisotopic (exact) mass is 372 g/mol. The molecule has 0 bridgehead atoms. The first-order valence-corrected chi connectivity index (χ1v) is 9.19. The summed E-state index contributed by atoms with van der Waals surface area (Å²) in [7, 11) is 0. The summed E-state index contributed by atoms with van der Waals surface area (Å²) < 4.78 is 13.3. The number of pyridine rings is 1. The van der Waals surface area contributed by atoms with Gasteiger partial charge in [0.25, 0.3) is 0 Å². The molecule has 2 N–H and O–H groups in total. The maximum absolute atomic E-state index is 13.3. The third kappa shape index (κ3) is 3.85. The van der Waals surface area contributed by atoms with Crippen molar-refractivity contribution in [2.45, 2.75) is 19.5 Å². The molecule has 1 unspecified atom stereocenters. The Morgan fingerprint density at radius 3 is 2.50 bits per heavy atom. The minimum absolute atomic E-state index is 0.0279. The van der Waals surface area contributed by atoms with Gasteiger partial charge in [-0.2, -0.15) is 5.10 Å². The third-order valence-electron chi connectivity index (χ3n) is 4.89. The Morgan fingerprint density at radius 2 is 1.75 bits per heavy atom. The molecular weight excluding hydrogens is 351 g/mol. The third-order valence-corrected chi connectivity index (χ3v) is 4.89. The molecule has 28 heavy (non-hydrogen) atoms. The second kappa shape index (κ2) is 8.15. The summed E-state index contributed by atoms with van der Waals surface area (Å²) in [6, 6.07) is 18.9. The summed E-state index contributed by atoms with van der Waals surface area (Å²) in [5.41, 5.74) is 6.43. The van der Waals surface area contributed by atoms with Gasteiger partial charge in [0, 0.05) is 30.1 Å². The van der Waals surface area contributed by atoms with E-state index in [-0.39, 0.29) is 11.9 Å². The van der Waals surface area contributed by atoms with Crippen LogP contribution in [0.15, 0.2) is 79.3 Å². The van der Waals surface area contributed by atoms with Crippen molar-refractivity contribution < 1.29 is 4.39 Å². The van der Waals surface area contributed by atoms with Gasteiger partial charge in [0.15, 0.2) is 0 Å². The van der Waals surface area contributed by atoms with Gasteiger partial charge in [0.1, 0.15) is 5.82 Å². The predicted molar refractivity (Wildman–Crippen MR) is 108 cm³/mol. The van der Waals surface area contributed by atoms with Crippen LogP contribution in [0.4, 0.5) is 4.39 Å². The largest absolute Gasteiger partial charge is 0.302 e. The summed E-state index contributed by atoms with van der Waals surface area (Å²) in [5, 5.41) is 10.9. The molecule has 0 amide bonds. The molecule has 5 heteroatoms. The lowest BCUT2D eigenvalue weighted by Crippen LogP contribution is -2.23. The van der Waals surface area contributed by atoms with E-state index in [1.54, 1.807) is 12.1 Å². The molecule has 4 nitrogen and oxygen atoms in total. The summed E-state index contributed by atoms with van der Waals surface area (Å²) in [4.78, 5) is 4.14. The Hall–Kier alpha value is -3.31. The molecule has 0 saturated carbocycles. The van der Waals surface area contributed by atoms with E-state index in [2.05, 4.69) is 45.6 Å². The van der Waals surface area contributed by atoms with Crippen LogP contribution in [0.5, 0.6) is 0 Å². The first kappa shape index (κ1) is 18.1. The first-order chi connectivity index (χ1) is 13.7. The van der Waals surface area contributed by atoms with Crippen molar-refractivity contribution in [2.75, 3.05) is 0 Å². The fraction of sp³-hybridized carbons (Fsp3) is 0.130. The van der Waals surface area contributed by atoms with Crippen LogP contribution in [0.25, 0.3) is 11.3 Å². The number of hydrogen-bond donors (Lipinski definition) is 2. The van der Waals surface area contributed by atoms with Gasteiger partial charge in [-0.25, -0.2) is 4.39 Å². The Morgan fingerprint density at radius 1 is 1.00 bits per heavy atom. The maximum atomic E-state index is 13.3. The number of halogens is 1. The number of benzene rings is 2. The molecule has 0 radical (unpaired) electrons. The Kier molecular flexibility index (Phi) is 5.26. The topological polar surface area (TPSA) is 53.6 Å². The molecule has 2 heterocycles. The van der Waals surface area contributed by atoms with Crippen molar-refractivity contribution in [1.82, 2.24) is 20.5 Å². The molecule has 0 fully saturated rings. The summed E-state index contributed by atoms with van der Waals surface area (Å²) in [6.07, 6.45) is 5.43. The Balaban J connectivity index is 1.62. The molecule has 0 saturated heterocycles. The molecule has 2 aromatic carbocycles. The van der Waals surface area contributed by atoms with E-state index < -0.39 is 0 Å². The zero-order valence-electron chi connectivity index (χ0n) is 15.6. The number of hydrogen-bond acceptors (Lipinski definition) is 3. The standard InChI is InChI=1S/C23H21FN4/c1-16-4-2-3-5-21(16)23(18-10-12-25-13-11-18)26-14-19-15-27-28-22(19)17-6-8-20(24)9-7-17/h2-13,15,23,26H,14H2,1H3,(H,27,28). The van der Waals surface area contributed by atoms with E-state index in [4.69, 9.17) is 0 Å². The smallest absolute Gasteiger partial charge is 0.123 e. The van der Waals surface area contributed by atoms with Crippen LogP contribution in [0.1, 0.15) is 28.3 Å². The average Bonchev–Trinajstić information content (AvgIpc) is 3.19. The quantitative estimate of drug-likeness (QED) is 0.511. The zero-order valence-corrected chi connectivity index (χ0v) is 15.6. The van der Waals surface area contributed by atoms with Gasteiger partial charge >= 0.3 is 0 Å². The molecule has 2 aromatic heterocycles. The van der Waals surface area contributed by atoms with E-state index in [0.717, 1.165) is 22.4 Å². The maximum Gasteiger partial charge on any atom is 0.123 e. The van der Waals surface area contributed by atoms with Crippen molar-refractivity contribution >= 4 is 0 Å². The van der Waals surface area contributed by atoms with Crippen LogP contribution in [0, 0.1) is 12.7 Å². The Labute approximate surface area is 163 Å². The number of rotatable bonds is 6. The Bertz CT molecular complexity index is 1040. The molecule has 4 rings (SSSR count). The van der Waals surface area contributed by atoms with Crippen molar-refractivity contribution in [2.24, 2.45) is 0 Å². The molecule has 0 aliphatic rings. The van der Waals surface area contributed by atoms with Gasteiger partial charge in [0.2, 0.25) is 0 Å². The second-order valence-electron chi connectivity index (χ2n) is 6.73. The fourth-order valence-electron chi connectivity index (χ4n) is 3.40. The molecule has 1 atom stereocenters. The first-order valence-electron chi connectivity index (χ1n) is 9.19. The lowest BCUT2D eigenvalue weighted by Gasteiger charge is -2.21. The molecule has 0 aliphatic heterocycles. The minimum atomic E-state index is -0.250. The van der Waals surface area contributed by atoms with Crippen molar-refractivity contribution in [1.29, 1.82) is 0 Å². The van der Waals surface area contributed by atoms with Crippen molar-refractivity contribution in [3.8, 4) is 11.3 Å². The molecule has 0 spiro atoms. The highest BCUT2D eigenvalue weighted by atomic mass is 19.1. The average molecular weight is 372 g/mol. The van der Waals surface area contributed by atoms with Gasteiger partial charge in [-0.15, -0.1) is 0 Å². The van der Waals surface area contributed by atoms with Crippen LogP contribution >= 0.6 is 0 Å². The normalized spacial score (nSPS) is 12.1. The van der Waals surface area contributed by atoms with Crippen molar-refractivity contribution in [3.63, 3.8) is 0 Å². The van der Waals surface area contributed by atoms with Crippen LogP contribution in [0.3, 0.4) is 0 Å².